The van der Waals surface area contributed by atoms with E-state index in [0.29, 0.717) is 24.9 Å². The van der Waals surface area contributed by atoms with Gasteiger partial charge < -0.3 is 14.6 Å². The third kappa shape index (κ3) is 2.87. The van der Waals surface area contributed by atoms with Crippen molar-refractivity contribution in [2.45, 2.75) is 31.8 Å². The molecule has 1 fully saturated rings. The first-order valence-electron chi connectivity index (χ1n) is 5.87. The van der Waals surface area contributed by atoms with Crippen LogP contribution in [-0.4, -0.2) is 40.3 Å². The zero-order chi connectivity index (χ0) is 12.3. The normalized spacial score (nSPS) is 16.1. The second kappa shape index (κ2) is 5.33. The van der Waals surface area contributed by atoms with Gasteiger partial charge in [-0.2, -0.15) is 0 Å². The zero-order valence-electron chi connectivity index (χ0n) is 9.63. The first-order valence-corrected chi connectivity index (χ1v) is 5.87. The molecular formula is C12H17NO4. The maximum Gasteiger partial charge on any atom is 0.371 e. The van der Waals surface area contributed by atoms with Crippen molar-refractivity contribution in [3.63, 3.8) is 0 Å². The predicted molar refractivity (Wildman–Crippen MR) is 60.8 cm³/mol. The fraction of sp³-hybridized carbons (Fsp3) is 0.583. The molecular weight excluding hydrogens is 222 g/mol. The van der Waals surface area contributed by atoms with Crippen LogP contribution in [0.4, 0.5) is 0 Å². The topological polar surface area (TPSA) is 73.9 Å². The predicted octanol–water partition coefficient (Wildman–Crippen LogP) is 1.32. The molecule has 0 radical (unpaired) electrons. The molecule has 0 amide bonds. The van der Waals surface area contributed by atoms with Crippen molar-refractivity contribution >= 4 is 5.97 Å². The van der Waals surface area contributed by atoms with E-state index in [2.05, 4.69) is 4.90 Å². The number of rotatable bonds is 6. The minimum atomic E-state index is -1.05. The third-order valence-corrected chi connectivity index (χ3v) is 3.21. The van der Waals surface area contributed by atoms with Crippen LogP contribution in [0.1, 0.15) is 35.6 Å². The fourth-order valence-corrected chi connectivity index (χ4v) is 2.05. The number of aliphatic hydroxyl groups is 1. The monoisotopic (exact) mass is 239 g/mol. The van der Waals surface area contributed by atoms with Crippen LogP contribution < -0.4 is 0 Å². The lowest BCUT2D eigenvalue weighted by molar-refractivity contribution is 0.0646. The van der Waals surface area contributed by atoms with E-state index in [1.807, 2.05) is 0 Å². The van der Waals surface area contributed by atoms with Crippen LogP contribution in [0.5, 0.6) is 0 Å². The summed E-state index contributed by atoms with van der Waals surface area (Å²) >= 11 is 0. The number of hydrogen-bond acceptors (Lipinski definition) is 4. The Morgan fingerprint density at radius 2 is 2.24 bits per heavy atom. The Morgan fingerprint density at radius 3 is 2.71 bits per heavy atom. The molecule has 1 aromatic heterocycles. The van der Waals surface area contributed by atoms with Crippen molar-refractivity contribution in [3.05, 3.63) is 23.7 Å². The highest BCUT2D eigenvalue weighted by molar-refractivity contribution is 5.84. The second-order valence-corrected chi connectivity index (χ2v) is 4.35. The minimum absolute atomic E-state index is 0.0300. The van der Waals surface area contributed by atoms with Crippen LogP contribution in [0.25, 0.3) is 0 Å². The smallest absolute Gasteiger partial charge is 0.371 e. The molecule has 1 aliphatic rings. The zero-order valence-corrected chi connectivity index (χ0v) is 9.63. The Morgan fingerprint density at radius 1 is 1.47 bits per heavy atom. The van der Waals surface area contributed by atoms with Crippen LogP contribution in [-0.2, 0) is 6.54 Å². The van der Waals surface area contributed by atoms with E-state index in [4.69, 9.17) is 14.6 Å². The SMILES string of the molecule is O=C(O)c1ccc(CN(CCO)C2CCC2)o1. The summed E-state index contributed by atoms with van der Waals surface area (Å²) in [4.78, 5) is 12.8. The molecule has 0 aromatic carbocycles. The van der Waals surface area contributed by atoms with E-state index in [0.717, 1.165) is 12.8 Å². The maximum absolute atomic E-state index is 10.7. The van der Waals surface area contributed by atoms with Gasteiger partial charge in [-0.25, -0.2) is 4.79 Å². The Hall–Kier alpha value is -1.33. The second-order valence-electron chi connectivity index (χ2n) is 4.35. The molecule has 0 unspecified atom stereocenters. The molecule has 1 saturated carbocycles. The van der Waals surface area contributed by atoms with Crippen molar-refractivity contribution in [3.8, 4) is 0 Å². The molecule has 0 saturated heterocycles. The molecule has 17 heavy (non-hydrogen) atoms. The van der Waals surface area contributed by atoms with E-state index in [9.17, 15) is 4.79 Å². The largest absolute Gasteiger partial charge is 0.475 e. The molecule has 1 aromatic rings. The van der Waals surface area contributed by atoms with Crippen molar-refractivity contribution in [2.24, 2.45) is 0 Å². The molecule has 2 N–H and O–H groups in total. The fourth-order valence-electron chi connectivity index (χ4n) is 2.05. The van der Waals surface area contributed by atoms with Gasteiger partial charge in [0.25, 0.3) is 0 Å². The maximum atomic E-state index is 10.7. The molecule has 1 aliphatic carbocycles. The van der Waals surface area contributed by atoms with Crippen molar-refractivity contribution in [1.82, 2.24) is 4.90 Å². The Kier molecular flexibility index (Phi) is 3.81. The van der Waals surface area contributed by atoms with Crippen LogP contribution in [0, 0.1) is 0 Å². The summed E-state index contributed by atoms with van der Waals surface area (Å²) < 4.78 is 5.22. The summed E-state index contributed by atoms with van der Waals surface area (Å²) in [5, 5.41) is 17.8. The minimum Gasteiger partial charge on any atom is -0.475 e. The summed E-state index contributed by atoms with van der Waals surface area (Å²) in [6.45, 7) is 1.29. The Balaban J connectivity index is 1.98. The average Bonchev–Trinajstić information content (AvgIpc) is 2.64. The number of hydrogen-bond donors (Lipinski definition) is 2. The molecule has 5 heteroatoms. The highest BCUT2D eigenvalue weighted by Gasteiger charge is 2.25. The number of nitrogens with zero attached hydrogens (tertiary/aromatic N) is 1. The van der Waals surface area contributed by atoms with Gasteiger partial charge in [0.2, 0.25) is 5.76 Å². The Labute approximate surface area is 99.6 Å². The van der Waals surface area contributed by atoms with Gasteiger partial charge in [-0.05, 0) is 25.0 Å². The quantitative estimate of drug-likeness (QED) is 0.783. The molecule has 5 nitrogen and oxygen atoms in total. The molecule has 94 valence electrons. The van der Waals surface area contributed by atoms with E-state index >= 15 is 0 Å². The Bertz CT molecular complexity index is 384. The lowest BCUT2D eigenvalue weighted by atomic mass is 9.91. The molecule has 0 bridgehead atoms. The third-order valence-electron chi connectivity index (χ3n) is 3.21. The summed E-state index contributed by atoms with van der Waals surface area (Å²) in [6, 6.07) is 3.66. The van der Waals surface area contributed by atoms with Gasteiger partial charge in [-0.1, -0.05) is 6.42 Å². The van der Waals surface area contributed by atoms with Crippen LogP contribution in [0.2, 0.25) is 0 Å². The molecule has 0 spiro atoms. The first-order chi connectivity index (χ1) is 8.20. The van der Waals surface area contributed by atoms with Gasteiger partial charge in [-0.15, -0.1) is 0 Å². The number of aliphatic hydroxyl groups excluding tert-OH is 1. The number of carbonyl (C=O) groups is 1. The average molecular weight is 239 g/mol. The molecule has 1 heterocycles. The number of furan rings is 1. The van der Waals surface area contributed by atoms with Gasteiger partial charge in [0, 0.05) is 12.6 Å². The highest BCUT2D eigenvalue weighted by atomic mass is 16.4. The van der Waals surface area contributed by atoms with Crippen LogP contribution in [0.3, 0.4) is 0 Å². The number of aromatic carboxylic acids is 1. The first kappa shape index (κ1) is 12.1. The van der Waals surface area contributed by atoms with E-state index < -0.39 is 5.97 Å². The lowest BCUT2D eigenvalue weighted by Crippen LogP contribution is -2.41. The van der Waals surface area contributed by atoms with E-state index in [1.54, 1.807) is 6.07 Å². The van der Waals surface area contributed by atoms with Gasteiger partial charge in [-0.3, -0.25) is 4.90 Å². The molecule has 0 atom stereocenters. The standard InChI is InChI=1S/C12H17NO4/c14-7-6-13(9-2-1-3-9)8-10-4-5-11(17-10)12(15)16/h4-5,9,14H,1-3,6-8H2,(H,15,16). The number of carboxylic acid groups (broad SMARTS) is 1. The van der Waals surface area contributed by atoms with Crippen molar-refractivity contribution in [1.29, 1.82) is 0 Å². The highest BCUT2D eigenvalue weighted by Crippen LogP contribution is 2.26. The van der Waals surface area contributed by atoms with Crippen molar-refractivity contribution in [2.75, 3.05) is 13.2 Å². The summed E-state index contributed by atoms with van der Waals surface area (Å²) in [6.07, 6.45) is 3.52. The summed E-state index contributed by atoms with van der Waals surface area (Å²) in [7, 11) is 0. The molecule has 0 aliphatic heterocycles. The number of carboxylic acids is 1. The van der Waals surface area contributed by atoms with Crippen molar-refractivity contribution < 1.29 is 19.4 Å². The van der Waals surface area contributed by atoms with Gasteiger partial charge in [0.05, 0.1) is 13.2 Å². The lowest BCUT2D eigenvalue weighted by Gasteiger charge is -2.36. The van der Waals surface area contributed by atoms with Crippen LogP contribution in [0.15, 0.2) is 16.5 Å². The van der Waals surface area contributed by atoms with Gasteiger partial charge >= 0.3 is 5.97 Å². The van der Waals surface area contributed by atoms with Crippen LogP contribution >= 0.6 is 0 Å². The molecule has 2 rings (SSSR count). The van der Waals surface area contributed by atoms with Gasteiger partial charge in [0.15, 0.2) is 0 Å². The van der Waals surface area contributed by atoms with E-state index in [1.165, 1.54) is 12.5 Å². The van der Waals surface area contributed by atoms with Gasteiger partial charge in [0.1, 0.15) is 5.76 Å². The van der Waals surface area contributed by atoms with E-state index in [-0.39, 0.29) is 12.4 Å². The summed E-state index contributed by atoms with van der Waals surface area (Å²) in [5.74, 6) is -0.436. The summed E-state index contributed by atoms with van der Waals surface area (Å²) in [5.41, 5.74) is 0.